The number of benzene rings is 1. The van der Waals surface area contributed by atoms with E-state index in [0.717, 1.165) is 40.6 Å². The highest BCUT2D eigenvalue weighted by molar-refractivity contribution is 9.11. The molecule has 1 saturated heterocycles. The summed E-state index contributed by atoms with van der Waals surface area (Å²) in [6, 6.07) is 4.26. The van der Waals surface area contributed by atoms with Crippen LogP contribution in [0, 0.1) is 6.92 Å². The van der Waals surface area contributed by atoms with Crippen LogP contribution in [0.15, 0.2) is 27.3 Å². The zero-order valence-electron chi connectivity index (χ0n) is 10.7. The standard InChI is InChI=1S/C14H15Br2N3/c1-9-11(15)3-2-10-13(9)18-8-12(16)14(10)19-6-4-17-5-7-19/h2-3,8,17H,4-7H2,1H3. The lowest BCUT2D eigenvalue weighted by Gasteiger charge is -2.31. The molecule has 0 spiro atoms. The van der Waals surface area contributed by atoms with Gasteiger partial charge < -0.3 is 10.2 Å². The van der Waals surface area contributed by atoms with E-state index in [2.05, 4.69) is 66.1 Å². The minimum atomic E-state index is 1.03. The van der Waals surface area contributed by atoms with Gasteiger partial charge >= 0.3 is 0 Å². The highest BCUT2D eigenvalue weighted by Gasteiger charge is 2.18. The number of halogens is 2. The second-order valence-electron chi connectivity index (χ2n) is 4.76. The van der Waals surface area contributed by atoms with Gasteiger partial charge in [-0.3, -0.25) is 4.98 Å². The van der Waals surface area contributed by atoms with Crippen molar-refractivity contribution in [1.29, 1.82) is 0 Å². The Morgan fingerprint density at radius 2 is 1.89 bits per heavy atom. The van der Waals surface area contributed by atoms with E-state index in [4.69, 9.17) is 0 Å². The Kier molecular flexibility index (Phi) is 3.78. The smallest absolute Gasteiger partial charge is 0.0764 e. The first-order valence-electron chi connectivity index (χ1n) is 6.37. The molecule has 100 valence electrons. The average molecular weight is 385 g/mol. The third-order valence-electron chi connectivity index (χ3n) is 3.59. The van der Waals surface area contributed by atoms with Crippen LogP contribution in [0.2, 0.25) is 0 Å². The Morgan fingerprint density at radius 3 is 2.63 bits per heavy atom. The first kappa shape index (κ1) is 13.3. The van der Waals surface area contributed by atoms with Gasteiger partial charge in [0.2, 0.25) is 0 Å². The number of rotatable bonds is 1. The van der Waals surface area contributed by atoms with Crippen LogP contribution in [-0.2, 0) is 0 Å². The van der Waals surface area contributed by atoms with Gasteiger partial charge in [-0.25, -0.2) is 0 Å². The quantitative estimate of drug-likeness (QED) is 0.815. The third kappa shape index (κ3) is 2.39. The van der Waals surface area contributed by atoms with Crippen LogP contribution < -0.4 is 10.2 Å². The molecule has 0 radical (unpaired) electrons. The summed E-state index contributed by atoms with van der Waals surface area (Å²) in [4.78, 5) is 7.01. The number of hydrogen-bond donors (Lipinski definition) is 1. The van der Waals surface area contributed by atoms with E-state index in [0.29, 0.717) is 0 Å². The molecule has 1 fully saturated rings. The molecule has 2 aromatic rings. The van der Waals surface area contributed by atoms with Crippen molar-refractivity contribution < 1.29 is 0 Å². The van der Waals surface area contributed by atoms with Crippen LogP contribution in [0.4, 0.5) is 5.69 Å². The maximum Gasteiger partial charge on any atom is 0.0764 e. The largest absolute Gasteiger partial charge is 0.367 e. The fourth-order valence-corrected chi connectivity index (χ4v) is 3.44. The Hall–Kier alpha value is -0.650. The SMILES string of the molecule is Cc1c(Br)ccc2c(N3CCNCC3)c(Br)cnc12. The lowest BCUT2D eigenvalue weighted by atomic mass is 10.1. The molecule has 0 unspecified atom stereocenters. The van der Waals surface area contributed by atoms with Crippen molar-refractivity contribution in [3.05, 3.63) is 32.8 Å². The number of fused-ring (bicyclic) bond motifs is 1. The second-order valence-corrected chi connectivity index (χ2v) is 6.47. The van der Waals surface area contributed by atoms with Crippen molar-refractivity contribution in [2.45, 2.75) is 6.92 Å². The molecule has 0 amide bonds. The van der Waals surface area contributed by atoms with Gasteiger partial charge in [0.1, 0.15) is 0 Å². The van der Waals surface area contributed by atoms with Gasteiger partial charge in [-0.2, -0.15) is 0 Å². The molecule has 1 aliphatic rings. The summed E-state index contributed by atoms with van der Waals surface area (Å²) in [5.74, 6) is 0. The normalized spacial score (nSPS) is 16.1. The predicted molar refractivity (Wildman–Crippen MR) is 87.0 cm³/mol. The van der Waals surface area contributed by atoms with Crippen LogP contribution >= 0.6 is 31.9 Å². The van der Waals surface area contributed by atoms with E-state index in [1.54, 1.807) is 0 Å². The predicted octanol–water partition coefficient (Wildman–Crippen LogP) is 3.48. The molecule has 1 aromatic carbocycles. The van der Waals surface area contributed by atoms with Crippen LogP contribution in [-0.4, -0.2) is 31.2 Å². The molecule has 3 nitrogen and oxygen atoms in total. The first-order chi connectivity index (χ1) is 9.18. The summed E-state index contributed by atoms with van der Waals surface area (Å²) >= 11 is 7.24. The number of nitrogens with zero attached hydrogens (tertiary/aromatic N) is 2. The number of piperazine rings is 1. The minimum absolute atomic E-state index is 1.03. The topological polar surface area (TPSA) is 28.2 Å². The van der Waals surface area contributed by atoms with Gasteiger partial charge in [0.15, 0.2) is 0 Å². The molecule has 0 saturated carbocycles. The van der Waals surface area contributed by atoms with Crippen molar-refractivity contribution in [2.75, 3.05) is 31.1 Å². The fourth-order valence-electron chi connectivity index (χ4n) is 2.55. The molecule has 1 N–H and O–H groups in total. The van der Waals surface area contributed by atoms with Gasteiger partial charge in [0.05, 0.1) is 15.7 Å². The lowest BCUT2D eigenvalue weighted by molar-refractivity contribution is 0.589. The summed E-state index contributed by atoms with van der Waals surface area (Å²) in [7, 11) is 0. The minimum Gasteiger partial charge on any atom is -0.367 e. The molecule has 0 atom stereocenters. The molecule has 0 bridgehead atoms. The highest BCUT2D eigenvalue weighted by atomic mass is 79.9. The van der Waals surface area contributed by atoms with Crippen molar-refractivity contribution in [1.82, 2.24) is 10.3 Å². The summed E-state index contributed by atoms with van der Waals surface area (Å²) in [6.07, 6.45) is 1.92. The van der Waals surface area contributed by atoms with E-state index in [9.17, 15) is 0 Å². The molecule has 2 heterocycles. The molecular weight excluding hydrogens is 370 g/mol. The zero-order chi connectivity index (χ0) is 13.4. The fraction of sp³-hybridized carbons (Fsp3) is 0.357. The molecule has 0 aliphatic carbocycles. The van der Waals surface area contributed by atoms with Crippen LogP contribution in [0.1, 0.15) is 5.56 Å². The molecular formula is C14H15Br2N3. The molecule has 1 aliphatic heterocycles. The van der Waals surface area contributed by atoms with Crippen molar-refractivity contribution >= 4 is 48.5 Å². The molecule has 3 rings (SSSR count). The highest BCUT2D eigenvalue weighted by Crippen LogP contribution is 2.36. The van der Waals surface area contributed by atoms with Gasteiger partial charge in [-0.1, -0.05) is 15.9 Å². The molecule has 5 heteroatoms. The monoisotopic (exact) mass is 383 g/mol. The van der Waals surface area contributed by atoms with Crippen molar-refractivity contribution in [3.63, 3.8) is 0 Å². The summed E-state index contributed by atoms with van der Waals surface area (Å²) < 4.78 is 2.18. The third-order valence-corrected chi connectivity index (χ3v) is 5.03. The number of hydrogen-bond acceptors (Lipinski definition) is 3. The van der Waals surface area contributed by atoms with Crippen LogP contribution in [0.3, 0.4) is 0 Å². The number of anilines is 1. The number of aryl methyl sites for hydroxylation is 1. The van der Waals surface area contributed by atoms with E-state index >= 15 is 0 Å². The van der Waals surface area contributed by atoms with Gasteiger partial charge in [0, 0.05) is 42.2 Å². The summed E-state index contributed by atoms with van der Waals surface area (Å²) in [5.41, 5.74) is 3.54. The van der Waals surface area contributed by atoms with Gasteiger partial charge in [0.25, 0.3) is 0 Å². The summed E-state index contributed by atoms with van der Waals surface area (Å²) in [6.45, 7) is 6.24. The zero-order valence-corrected chi connectivity index (χ0v) is 13.9. The van der Waals surface area contributed by atoms with E-state index in [1.165, 1.54) is 16.6 Å². The Labute approximate surface area is 129 Å². The first-order valence-corrected chi connectivity index (χ1v) is 7.96. The lowest BCUT2D eigenvalue weighted by Crippen LogP contribution is -2.43. The molecule has 19 heavy (non-hydrogen) atoms. The molecule has 1 aromatic heterocycles. The summed E-state index contributed by atoms with van der Waals surface area (Å²) in [5, 5.41) is 4.61. The van der Waals surface area contributed by atoms with Gasteiger partial charge in [-0.05, 0) is 40.5 Å². The Bertz CT molecular complexity index is 622. The van der Waals surface area contributed by atoms with Crippen LogP contribution in [0.5, 0.6) is 0 Å². The average Bonchev–Trinajstić information content (AvgIpc) is 2.44. The number of pyridine rings is 1. The van der Waals surface area contributed by atoms with Crippen LogP contribution in [0.25, 0.3) is 10.9 Å². The second kappa shape index (κ2) is 5.38. The maximum atomic E-state index is 4.58. The van der Waals surface area contributed by atoms with Crippen molar-refractivity contribution in [3.8, 4) is 0 Å². The van der Waals surface area contributed by atoms with Crippen molar-refractivity contribution in [2.24, 2.45) is 0 Å². The number of aromatic nitrogens is 1. The van der Waals surface area contributed by atoms with E-state index in [1.807, 2.05) is 6.20 Å². The maximum absolute atomic E-state index is 4.58. The van der Waals surface area contributed by atoms with E-state index < -0.39 is 0 Å². The number of nitrogens with one attached hydrogen (secondary N) is 1. The van der Waals surface area contributed by atoms with Gasteiger partial charge in [-0.15, -0.1) is 0 Å². The van der Waals surface area contributed by atoms with E-state index in [-0.39, 0.29) is 0 Å². The Balaban J connectivity index is 2.21. The Morgan fingerprint density at radius 1 is 1.16 bits per heavy atom.